The summed E-state index contributed by atoms with van der Waals surface area (Å²) in [6, 6.07) is 7.13. The molecule has 0 radical (unpaired) electrons. The van der Waals surface area contributed by atoms with E-state index in [2.05, 4.69) is 67.3 Å². The van der Waals surface area contributed by atoms with Crippen molar-refractivity contribution in [3.05, 3.63) is 33.8 Å². The van der Waals surface area contributed by atoms with Crippen molar-refractivity contribution in [1.29, 1.82) is 0 Å². The molecule has 1 rings (SSSR count). The van der Waals surface area contributed by atoms with Crippen LogP contribution in [0.2, 0.25) is 0 Å². The highest BCUT2D eigenvalue weighted by atomic mass is 79.9. The van der Waals surface area contributed by atoms with E-state index in [-0.39, 0.29) is 0 Å². The van der Waals surface area contributed by atoms with Gasteiger partial charge < -0.3 is 5.32 Å². The Morgan fingerprint density at radius 2 is 1.94 bits per heavy atom. The van der Waals surface area contributed by atoms with E-state index in [1.54, 1.807) is 0 Å². The molecule has 2 heteroatoms. The van der Waals surface area contributed by atoms with Gasteiger partial charge in [0.1, 0.15) is 0 Å². The molecular formula is C15H24BrN. The minimum Gasteiger partial charge on any atom is -0.313 e. The Morgan fingerprint density at radius 3 is 2.47 bits per heavy atom. The van der Waals surface area contributed by atoms with E-state index >= 15 is 0 Å². The van der Waals surface area contributed by atoms with Crippen LogP contribution in [0.4, 0.5) is 0 Å². The molecule has 0 heterocycles. The van der Waals surface area contributed by atoms with Crippen molar-refractivity contribution < 1.29 is 0 Å². The van der Waals surface area contributed by atoms with Crippen LogP contribution in [0.25, 0.3) is 0 Å². The van der Waals surface area contributed by atoms with Gasteiger partial charge in [0, 0.05) is 10.5 Å². The van der Waals surface area contributed by atoms with E-state index in [4.69, 9.17) is 0 Å². The Kier molecular flexibility index (Phi) is 6.21. The molecule has 0 bridgehead atoms. The van der Waals surface area contributed by atoms with E-state index in [9.17, 15) is 0 Å². The van der Waals surface area contributed by atoms with Gasteiger partial charge in [0.25, 0.3) is 0 Å². The second kappa shape index (κ2) is 7.17. The van der Waals surface area contributed by atoms with Crippen LogP contribution in [-0.4, -0.2) is 7.05 Å². The van der Waals surface area contributed by atoms with E-state index in [0.29, 0.717) is 6.04 Å². The summed E-state index contributed by atoms with van der Waals surface area (Å²) in [5, 5.41) is 3.42. The van der Waals surface area contributed by atoms with Crippen LogP contribution < -0.4 is 5.32 Å². The lowest BCUT2D eigenvalue weighted by Crippen LogP contribution is -2.16. The lowest BCUT2D eigenvalue weighted by molar-refractivity contribution is 0.470. The molecule has 1 aromatic rings. The second-order valence-electron chi connectivity index (χ2n) is 5.17. The van der Waals surface area contributed by atoms with Gasteiger partial charge in [-0.3, -0.25) is 0 Å². The quantitative estimate of drug-likeness (QED) is 0.792. The van der Waals surface area contributed by atoms with Gasteiger partial charge in [-0.25, -0.2) is 0 Å². The van der Waals surface area contributed by atoms with Crippen LogP contribution in [0.3, 0.4) is 0 Å². The minimum absolute atomic E-state index is 0.487. The van der Waals surface area contributed by atoms with E-state index in [0.717, 1.165) is 5.92 Å². The smallest absolute Gasteiger partial charge is 0.0317 e. The van der Waals surface area contributed by atoms with Crippen molar-refractivity contribution in [1.82, 2.24) is 5.32 Å². The van der Waals surface area contributed by atoms with Crippen molar-refractivity contribution in [2.45, 2.75) is 46.1 Å². The number of rotatable bonds is 6. The topological polar surface area (TPSA) is 12.0 Å². The van der Waals surface area contributed by atoms with Crippen LogP contribution in [0, 0.1) is 12.8 Å². The maximum absolute atomic E-state index is 3.55. The monoisotopic (exact) mass is 297 g/mol. The summed E-state index contributed by atoms with van der Waals surface area (Å²) >= 11 is 3.55. The number of aryl methyl sites for hydroxylation is 1. The first kappa shape index (κ1) is 14.7. The van der Waals surface area contributed by atoms with Crippen LogP contribution in [0.5, 0.6) is 0 Å². The van der Waals surface area contributed by atoms with Crippen molar-refractivity contribution in [2.75, 3.05) is 7.05 Å². The molecule has 0 aromatic heterocycles. The Hall–Kier alpha value is -0.340. The SMILES string of the molecule is CNC(CCCC(C)C)c1ccc(Br)c(C)c1. The first-order valence-electron chi connectivity index (χ1n) is 6.48. The number of hydrogen-bond acceptors (Lipinski definition) is 1. The summed E-state index contributed by atoms with van der Waals surface area (Å²) in [5.74, 6) is 0.805. The van der Waals surface area contributed by atoms with Gasteiger partial charge in [-0.1, -0.05) is 54.8 Å². The maximum atomic E-state index is 3.55. The van der Waals surface area contributed by atoms with Crippen molar-refractivity contribution in [3.63, 3.8) is 0 Å². The number of nitrogens with one attached hydrogen (secondary N) is 1. The van der Waals surface area contributed by atoms with Crippen LogP contribution in [0.1, 0.15) is 50.3 Å². The molecule has 1 unspecified atom stereocenters. The summed E-state index contributed by atoms with van der Waals surface area (Å²) in [6.45, 7) is 6.73. The number of halogens is 1. The summed E-state index contributed by atoms with van der Waals surface area (Å²) in [5.41, 5.74) is 2.71. The standard InChI is InChI=1S/C15H24BrN/c1-11(2)6-5-7-15(17-4)13-8-9-14(16)12(3)10-13/h8-11,15,17H,5-7H2,1-4H3. The molecule has 1 aromatic carbocycles. The fraction of sp³-hybridized carbons (Fsp3) is 0.600. The van der Waals surface area contributed by atoms with Gasteiger partial charge in [-0.2, -0.15) is 0 Å². The molecule has 1 atom stereocenters. The largest absolute Gasteiger partial charge is 0.313 e. The van der Waals surface area contributed by atoms with Gasteiger partial charge in [0.2, 0.25) is 0 Å². The fourth-order valence-corrected chi connectivity index (χ4v) is 2.34. The zero-order chi connectivity index (χ0) is 12.8. The van der Waals surface area contributed by atoms with Gasteiger partial charge in [0.15, 0.2) is 0 Å². The molecule has 0 saturated carbocycles. The molecular weight excluding hydrogens is 274 g/mol. The highest BCUT2D eigenvalue weighted by Gasteiger charge is 2.10. The molecule has 1 N–H and O–H groups in total. The summed E-state index contributed by atoms with van der Waals surface area (Å²) in [4.78, 5) is 0. The Morgan fingerprint density at radius 1 is 1.24 bits per heavy atom. The van der Waals surface area contributed by atoms with Crippen molar-refractivity contribution >= 4 is 15.9 Å². The first-order valence-corrected chi connectivity index (χ1v) is 7.27. The van der Waals surface area contributed by atoms with Crippen LogP contribution in [0.15, 0.2) is 22.7 Å². The summed E-state index contributed by atoms with van der Waals surface area (Å²) < 4.78 is 1.19. The Bertz CT molecular complexity index is 347. The Labute approximate surface area is 114 Å². The zero-order valence-electron chi connectivity index (χ0n) is 11.4. The molecule has 1 nitrogen and oxygen atoms in total. The van der Waals surface area contributed by atoms with E-state index in [1.807, 2.05) is 0 Å². The summed E-state index contributed by atoms with van der Waals surface area (Å²) in [7, 11) is 2.05. The fourth-order valence-electron chi connectivity index (χ4n) is 2.09. The highest BCUT2D eigenvalue weighted by Crippen LogP contribution is 2.24. The Balaban J connectivity index is 2.62. The third kappa shape index (κ3) is 4.81. The molecule has 0 aliphatic rings. The van der Waals surface area contributed by atoms with Crippen LogP contribution >= 0.6 is 15.9 Å². The number of hydrogen-bond donors (Lipinski definition) is 1. The van der Waals surface area contributed by atoms with E-state index < -0.39 is 0 Å². The molecule has 0 saturated heterocycles. The molecule has 0 spiro atoms. The van der Waals surface area contributed by atoms with Crippen molar-refractivity contribution in [2.24, 2.45) is 5.92 Å². The molecule has 0 amide bonds. The van der Waals surface area contributed by atoms with E-state index in [1.165, 1.54) is 34.9 Å². The predicted octanol–water partition coefficient (Wildman–Crippen LogP) is 4.84. The molecule has 17 heavy (non-hydrogen) atoms. The van der Waals surface area contributed by atoms with Crippen molar-refractivity contribution in [3.8, 4) is 0 Å². The maximum Gasteiger partial charge on any atom is 0.0317 e. The second-order valence-corrected chi connectivity index (χ2v) is 6.03. The normalized spacial score (nSPS) is 13.1. The summed E-state index contributed by atoms with van der Waals surface area (Å²) in [6.07, 6.45) is 3.82. The molecule has 0 fully saturated rings. The zero-order valence-corrected chi connectivity index (χ0v) is 13.0. The lowest BCUT2D eigenvalue weighted by atomic mass is 9.97. The molecule has 0 aliphatic heterocycles. The molecule has 0 aliphatic carbocycles. The van der Waals surface area contributed by atoms with Crippen LogP contribution in [-0.2, 0) is 0 Å². The molecule has 96 valence electrons. The number of benzene rings is 1. The predicted molar refractivity (Wildman–Crippen MR) is 79.4 cm³/mol. The average molecular weight is 298 g/mol. The average Bonchev–Trinajstić information content (AvgIpc) is 2.28. The third-order valence-corrected chi connectivity index (χ3v) is 4.10. The minimum atomic E-state index is 0.487. The van der Waals surface area contributed by atoms with Gasteiger partial charge >= 0.3 is 0 Å². The first-order chi connectivity index (χ1) is 8.04. The van der Waals surface area contributed by atoms with Gasteiger partial charge in [0.05, 0.1) is 0 Å². The third-order valence-electron chi connectivity index (χ3n) is 3.21. The lowest BCUT2D eigenvalue weighted by Gasteiger charge is -2.18. The van der Waals surface area contributed by atoms with Gasteiger partial charge in [-0.15, -0.1) is 0 Å². The highest BCUT2D eigenvalue weighted by molar-refractivity contribution is 9.10. The van der Waals surface area contributed by atoms with Gasteiger partial charge in [-0.05, 0) is 43.5 Å².